The predicted octanol–water partition coefficient (Wildman–Crippen LogP) is -0.199. The van der Waals surface area contributed by atoms with Crippen molar-refractivity contribution in [2.24, 2.45) is 0 Å². The van der Waals surface area contributed by atoms with Gasteiger partial charge in [-0.15, -0.1) is 0 Å². The molecule has 0 N–H and O–H groups in total. The smallest absolute Gasteiger partial charge is 0.472 e. The van der Waals surface area contributed by atoms with E-state index in [1.807, 2.05) is 0 Å². The van der Waals surface area contributed by atoms with Crippen molar-refractivity contribution >= 4 is 17.2 Å². The maximum atomic E-state index is 11.4. The number of hydrogen-bond acceptors (Lipinski definition) is 3. The van der Waals surface area contributed by atoms with Crippen LogP contribution in [0.15, 0.2) is 0 Å². The molecule has 0 aromatic carbocycles. The molecule has 0 heterocycles. The Hall–Kier alpha value is -0.630. The molecule has 66 valence electrons. The number of carbonyl (C=O) groups excluding carboxylic acids is 1. The Kier molecular flexibility index (Phi) is 3.00. The van der Waals surface area contributed by atoms with Gasteiger partial charge in [-0.05, 0) is 0 Å². The molecule has 0 aliphatic heterocycles. The molecule has 11 heavy (non-hydrogen) atoms. The summed E-state index contributed by atoms with van der Waals surface area (Å²) in [7, 11) is 0.513. The number of amides is 1. The molecule has 0 spiro atoms. The maximum Gasteiger partial charge on any atom is 0.472 e. The quantitative estimate of drug-likeness (QED) is 0.538. The van der Waals surface area contributed by atoms with Crippen LogP contribution in [0.2, 0.25) is 0 Å². The standard InChI is InChI=1S/C3H4F3NO3S/c1-7(11(9)10)2(8)3(4,5)6/h1H3,(H,9,10)/p-1. The summed E-state index contributed by atoms with van der Waals surface area (Å²) in [5, 5.41) is 0. The lowest BCUT2D eigenvalue weighted by Gasteiger charge is -2.19. The minimum atomic E-state index is -5.14. The highest BCUT2D eigenvalue weighted by molar-refractivity contribution is 7.77. The van der Waals surface area contributed by atoms with Gasteiger partial charge in [-0.1, -0.05) is 0 Å². The molecular weight excluding hydrogens is 187 g/mol. The first-order valence-electron chi connectivity index (χ1n) is 2.21. The Labute approximate surface area is 62.4 Å². The predicted molar refractivity (Wildman–Crippen MR) is 27.7 cm³/mol. The van der Waals surface area contributed by atoms with E-state index in [2.05, 4.69) is 0 Å². The number of rotatable bonds is 1. The van der Waals surface area contributed by atoms with Gasteiger partial charge in [0.2, 0.25) is 0 Å². The Bertz CT molecular complexity index is 191. The van der Waals surface area contributed by atoms with E-state index in [9.17, 15) is 26.7 Å². The molecule has 4 nitrogen and oxygen atoms in total. The second kappa shape index (κ2) is 3.18. The van der Waals surface area contributed by atoms with E-state index in [1.54, 1.807) is 0 Å². The highest BCUT2D eigenvalue weighted by Crippen LogP contribution is 2.17. The molecule has 0 rings (SSSR count). The fraction of sp³-hybridized carbons (Fsp3) is 0.667. The van der Waals surface area contributed by atoms with Crippen molar-refractivity contribution in [1.82, 2.24) is 4.31 Å². The number of halogens is 3. The van der Waals surface area contributed by atoms with E-state index < -0.39 is 27.7 Å². The lowest BCUT2D eigenvalue weighted by atomic mass is 10.6. The van der Waals surface area contributed by atoms with Gasteiger partial charge in [0, 0.05) is 18.3 Å². The van der Waals surface area contributed by atoms with E-state index >= 15 is 0 Å². The first-order valence-corrected chi connectivity index (χ1v) is 3.24. The van der Waals surface area contributed by atoms with Gasteiger partial charge < -0.3 is 4.55 Å². The van der Waals surface area contributed by atoms with Crippen molar-refractivity contribution in [2.75, 3.05) is 7.05 Å². The molecular formula is C3H3F3NO3S-. The molecule has 1 atom stereocenters. The molecule has 0 saturated carbocycles. The topological polar surface area (TPSA) is 60.4 Å². The molecule has 8 heteroatoms. The van der Waals surface area contributed by atoms with Crippen LogP contribution in [0.5, 0.6) is 0 Å². The fourth-order valence-electron chi connectivity index (χ4n) is 0.246. The normalized spacial score (nSPS) is 14.3. The van der Waals surface area contributed by atoms with Crippen LogP contribution in [0.25, 0.3) is 0 Å². The van der Waals surface area contributed by atoms with Crippen molar-refractivity contribution in [3.05, 3.63) is 0 Å². The van der Waals surface area contributed by atoms with Crippen LogP contribution in [0.4, 0.5) is 13.2 Å². The summed E-state index contributed by atoms with van der Waals surface area (Å²) in [4.78, 5) is 10.0. The first-order chi connectivity index (χ1) is 4.76. The average molecular weight is 190 g/mol. The van der Waals surface area contributed by atoms with Crippen LogP contribution in [0.3, 0.4) is 0 Å². The summed E-state index contributed by atoms with van der Waals surface area (Å²) in [5.41, 5.74) is 0. The minimum Gasteiger partial charge on any atom is -0.755 e. The molecule has 0 saturated heterocycles. The number of alkyl halides is 3. The lowest BCUT2D eigenvalue weighted by Crippen LogP contribution is -2.39. The monoisotopic (exact) mass is 190 g/mol. The SMILES string of the molecule is CN(C(=O)C(F)(F)F)S(=O)[O-]. The first kappa shape index (κ1) is 10.4. The van der Waals surface area contributed by atoms with Crippen LogP contribution >= 0.6 is 0 Å². The Morgan fingerprint density at radius 1 is 1.55 bits per heavy atom. The Balaban J connectivity index is 4.39. The van der Waals surface area contributed by atoms with Gasteiger partial charge in [0.05, 0.1) is 0 Å². The van der Waals surface area contributed by atoms with Crippen LogP contribution < -0.4 is 0 Å². The molecule has 0 aliphatic rings. The van der Waals surface area contributed by atoms with Crippen LogP contribution in [-0.4, -0.2) is 32.2 Å². The van der Waals surface area contributed by atoms with Gasteiger partial charge in [0.25, 0.3) is 0 Å². The summed E-state index contributed by atoms with van der Waals surface area (Å²) in [5.74, 6) is -2.41. The third-order valence-electron chi connectivity index (χ3n) is 0.752. The second-order valence-electron chi connectivity index (χ2n) is 1.52. The molecule has 0 aromatic rings. The van der Waals surface area contributed by atoms with Gasteiger partial charge in [0.15, 0.2) is 0 Å². The summed E-state index contributed by atoms with van der Waals surface area (Å²) in [6, 6.07) is 0. The highest BCUT2D eigenvalue weighted by atomic mass is 32.2. The summed E-state index contributed by atoms with van der Waals surface area (Å²) < 4.78 is 53.3. The van der Waals surface area contributed by atoms with Gasteiger partial charge in [-0.2, -0.15) is 13.2 Å². The third kappa shape index (κ3) is 2.85. The van der Waals surface area contributed by atoms with Crippen molar-refractivity contribution in [1.29, 1.82) is 0 Å². The second-order valence-corrected chi connectivity index (χ2v) is 2.50. The van der Waals surface area contributed by atoms with Crippen molar-refractivity contribution in [3.63, 3.8) is 0 Å². The van der Waals surface area contributed by atoms with Crippen molar-refractivity contribution < 1.29 is 26.7 Å². The fourth-order valence-corrected chi connectivity index (χ4v) is 0.485. The minimum absolute atomic E-state index is 0.431. The van der Waals surface area contributed by atoms with E-state index in [0.717, 1.165) is 0 Å². The van der Waals surface area contributed by atoms with Crippen LogP contribution in [0, 0.1) is 0 Å². The summed E-state index contributed by atoms with van der Waals surface area (Å²) in [6.45, 7) is 0. The lowest BCUT2D eigenvalue weighted by molar-refractivity contribution is -0.179. The zero-order valence-corrected chi connectivity index (χ0v) is 6.03. The molecule has 0 radical (unpaired) electrons. The van der Waals surface area contributed by atoms with Crippen molar-refractivity contribution in [2.45, 2.75) is 6.18 Å². The number of carbonyl (C=O) groups is 1. The van der Waals surface area contributed by atoms with Crippen LogP contribution in [-0.2, 0) is 16.1 Å². The van der Waals surface area contributed by atoms with Gasteiger partial charge in [-0.3, -0.25) is 13.3 Å². The number of hydrogen-bond donors (Lipinski definition) is 0. The average Bonchev–Trinajstić information content (AvgIpc) is 1.82. The van der Waals surface area contributed by atoms with Crippen molar-refractivity contribution in [3.8, 4) is 0 Å². The maximum absolute atomic E-state index is 11.4. The van der Waals surface area contributed by atoms with E-state index in [1.165, 1.54) is 0 Å². The van der Waals surface area contributed by atoms with E-state index in [4.69, 9.17) is 0 Å². The van der Waals surface area contributed by atoms with Gasteiger partial charge in [-0.25, -0.2) is 0 Å². The largest absolute Gasteiger partial charge is 0.755 e. The highest BCUT2D eigenvalue weighted by Gasteiger charge is 2.41. The zero-order chi connectivity index (χ0) is 9.23. The third-order valence-corrected chi connectivity index (χ3v) is 1.37. The summed E-state index contributed by atoms with van der Waals surface area (Å²) in [6.07, 6.45) is -5.14. The Morgan fingerprint density at radius 2 is 1.91 bits per heavy atom. The van der Waals surface area contributed by atoms with Gasteiger partial charge >= 0.3 is 12.1 Å². The molecule has 0 aromatic heterocycles. The van der Waals surface area contributed by atoms with Crippen LogP contribution in [0.1, 0.15) is 0 Å². The molecule has 1 unspecified atom stereocenters. The Morgan fingerprint density at radius 3 is 2.00 bits per heavy atom. The van der Waals surface area contributed by atoms with E-state index in [-0.39, 0.29) is 0 Å². The molecule has 0 aliphatic carbocycles. The van der Waals surface area contributed by atoms with Gasteiger partial charge in [0.1, 0.15) is 0 Å². The molecule has 0 bridgehead atoms. The zero-order valence-electron chi connectivity index (χ0n) is 5.21. The summed E-state index contributed by atoms with van der Waals surface area (Å²) >= 11 is -3.17. The number of nitrogens with zero attached hydrogens (tertiary/aromatic N) is 1. The molecule has 1 amide bonds. The molecule has 0 fully saturated rings. The van der Waals surface area contributed by atoms with E-state index in [0.29, 0.717) is 7.05 Å².